The van der Waals surface area contributed by atoms with Crippen molar-refractivity contribution in [2.75, 3.05) is 32.8 Å². The van der Waals surface area contributed by atoms with Crippen LogP contribution < -0.4 is 5.32 Å². The summed E-state index contributed by atoms with van der Waals surface area (Å²) in [6.45, 7) is 10.4. The van der Waals surface area contributed by atoms with Crippen LogP contribution in [0.25, 0.3) is 0 Å². The molecule has 1 heterocycles. The van der Waals surface area contributed by atoms with Gasteiger partial charge in [-0.3, -0.25) is 0 Å². The minimum Gasteiger partial charge on any atom is -0.377 e. The van der Waals surface area contributed by atoms with Gasteiger partial charge in [0.2, 0.25) is 0 Å². The third-order valence-electron chi connectivity index (χ3n) is 5.01. The molecule has 3 nitrogen and oxygen atoms in total. The van der Waals surface area contributed by atoms with Crippen molar-refractivity contribution in [1.29, 1.82) is 0 Å². The summed E-state index contributed by atoms with van der Waals surface area (Å²) in [5.74, 6) is 0.821. The molecule has 1 N–H and O–H groups in total. The van der Waals surface area contributed by atoms with Gasteiger partial charge in [-0.15, -0.1) is 0 Å². The molecule has 3 heteroatoms. The Hall–Kier alpha value is -0.120. The maximum Gasteiger partial charge on any atom is 0.0594 e. The molecule has 2 atom stereocenters. The van der Waals surface area contributed by atoms with Crippen LogP contribution in [-0.2, 0) is 4.74 Å². The van der Waals surface area contributed by atoms with Gasteiger partial charge in [0.15, 0.2) is 0 Å². The molecule has 0 aromatic rings. The summed E-state index contributed by atoms with van der Waals surface area (Å²) in [6, 6.07) is 0.627. The Labute approximate surface area is 125 Å². The molecule has 2 fully saturated rings. The number of nitrogens with zero attached hydrogens (tertiary/aromatic N) is 1. The first kappa shape index (κ1) is 16.3. The Morgan fingerprint density at radius 2 is 2.00 bits per heavy atom. The highest BCUT2D eigenvalue weighted by Gasteiger charge is 2.23. The molecule has 0 spiro atoms. The molecule has 2 unspecified atom stereocenters. The second kappa shape index (κ2) is 9.01. The molecule has 118 valence electrons. The minimum atomic E-state index is 0.557. The van der Waals surface area contributed by atoms with Crippen molar-refractivity contribution in [3.8, 4) is 0 Å². The van der Waals surface area contributed by atoms with E-state index in [4.69, 9.17) is 4.74 Å². The van der Waals surface area contributed by atoms with Gasteiger partial charge in [0, 0.05) is 19.1 Å². The van der Waals surface area contributed by atoms with E-state index in [1.54, 1.807) is 0 Å². The van der Waals surface area contributed by atoms with Crippen LogP contribution in [0.4, 0.5) is 0 Å². The molecule has 20 heavy (non-hydrogen) atoms. The lowest BCUT2D eigenvalue weighted by atomic mass is 9.91. The van der Waals surface area contributed by atoms with E-state index in [0.29, 0.717) is 12.1 Å². The fraction of sp³-hybridized carbons (Fsp3) is 1.00. The highest BCUT2D eigenvalue weighted by molar-refractivity contribution is 4.80. The molecule has 0 aromatic heterocycles. The van der Waals surface area contributed by atoms with Crippen molar-refractivity contribution in [2.24, 2.45) is 5.92 Å². The van der Waals surface area contributed by atoms with Crippen LogP contribution in [0.3, 0.4) is 0 Å². The van der Waals surface area contributed by atoms with Crippen molar-refractivity contribution < 1.29 is 4.74 Å². The van der Waals surface area contributed by atoms with Crippen molar-refractivity contribution in [3.05, 3.63) is 0 Å². The average Bonchev–Trinajstić information content (AvgIpc) is 2.97. The van der Waals surface area contributed by atoms with Gasteiger partial charge in [0.05, 0.1) is 12.7 Å². The van der Waals surface area contributed by atoms with Gasteiger partial charge in [-0.05, 0) is 58.0 Å². The molecule has 1 aliphatic heterocycles. The molecule has 0 bridgehead atoms. The fourth-order valence-electron chi connectivity index (χ4n) is 3.75. The normalized spacial score (nSPS) is 27.0. The van der Waals surface area contributed by atoms with Crippen LogP contribution >= 0.6 is 0 Å². The standard InChI is InChI=1S/C17H34N2O/c1-3-11-19-12-6-7-16(14-19)15(2)18-10-13-20-17-8-4-5-9-17/h15-18H,3-14H2,1-2H3. The van der Waals surface area contributed by atoms with E-state index < -0.39 is 0 Å². The molecule has 1 saturated heterocycles. The van der Waals surface area contributed by atoms with E-state index in [1.165, 1.54) is 64.6 Å². The maximum atomic E-state index is 5.93. The summed E-state index contributed by atoms with van der Waals surface area (Å²) in [5, 5.41) is 3.69. The van der Waals surface area contributed by atoms with Gasteiger partial charge < -0.3 is 15.0 Å². The van der Waals surface area contributed by atoms with Gasteiger partial charge in [-0.25, -0.2) is 0 Å². The van der Waals surface area contributed by atoms with E-state index in [-0.39, 0.29) is 0 Å². The minimum absolute atomic E-state index is 0.557. The Morgan fingerprint density at radius 3 is 2.75 bits per heavy atom. The second-order valence-electron chi connectivity index (χ2n) is 6.72. The average molecular weight is 282 g/mol. The highest BCUT2D eigenvalue weighted by atomic mass is 16.5. The number of hydrogen-bond donors (Lipinski definition) is 1. The second-order valence-corrected chi connectivity index (χ2v) is 6.72. The first-order valence-electron chi connectivity index (χ1n) is 8.87. The van der Waals surface area contributed by atoms with Crippen molar-refractivity contribution in [3.63, 3.8) is 0 Å². The number of piperidine rings is 1. The number of likely N-dealkylation sites (tertiary alicyclic amines) is 1. The van der Waals surface area contributed by atoms with Crippen LogP contribution in [0.2, 0.25) is 0 Å². The Kier molecular flexibility index (Phi) is 7.32. The first-order valence-corrected chi connectivity index (χ1v) is 8.87. The topological polar surface area (TPSA) is 24.5 Å². The predicted molar refractivity (Wildman–Crippen MR) is 85.1 cm³/mol. The lowest BCUT2D eigenvalue weighted by molar-refractivity contribution is 0.0568. The number of ether oxygens (including phenoxy) is 1. The number of hydrogen-bond acceptors (Lipinski definition) is 3. The molecule has 1 aliphatic carbocycles. The zero-order valence-corrected chi connectivity index (χ0v) is 13.6. The molecule has 2 rings (SSSR count). The van der Waals surface area contributed by atoms with Gasteiger partial charge in [0.1, 0.15) is 0 Å². The molecule has 2 aliphatic rings. The molecular formula is C17H34N2O. The lowest BCUT2D eigenvalue weighted by Crippen LogP contribution is -2.45. The fourth-order valence-corrected chi connectivity index (χ4v) is 3.75. The summed E-state index contributed by atoms with van der Waals surface area (Å²) in [4.78, 5) is 2.64. The number of nitrogens with one attached hydrogen (secondary N) is 1. The van der Waals surface area contributed by atoms with E-state index in [0.717, 1.165) is 19.1 Å². The monoisotopic (exact) mass is 282 g/mol. The van der Waals surface area contributed by atoms with Gasteiger partial charge in [0.25, 0.3) is 0 Å². The predicted octanol–water partition coefficient (Wildman–Crippen LogP) is 3.05. The zero-order valence-electron chi connectivity index (χ0n) is 13.6. The van der Waals surface area contributed by atoms with Crippen LogP contribution in [0.1, 0.15) is 58.8 Å². The zero-order chi connectivity index (χ0) is 14.2. The van der Waals surface area contributed by atoms with Gasteiger partial charge in [-0.2, -0.15) is 0 Å². The Morgan fingerprint density at radius 1 is 1.20 bits per heavy atom. The highest BCUT2D eigenvalue weighted by Crippen LogP contribution is 2.21. The van der Waals surface area contributed by atoms with Crippen LogP contribution in [0.5, 0.6) is 0 Å². The molecule has 0 aromatic carbocycles. The van der Waals surface area contributed by atoms with Gasteiger partial charge >= 0.3 is 0 Å². The van der Waals surface area contributed by atoms with E-state index in [9.17, 15) is 0 Å². The van der Waals surface area contributed by atoms with Crippen molar-refractivity contribution >= 4 is 0 Å². The summed E-state index contributed by atoms with van der Waals surface area (Å²) in [7, 11) is 0. The summed E-state index contributed by atoms with van der Waals surface area (Å²) in [6.07, 6.45) is 9.89. The van der Waals surface area contributed by atoms with E-state index in [1.807, 2.05) is 0 Å². The van der Waals surface area contributed by atoms with Crippen molar-refractivity contribution in [2.45, 2.75) is 70.9 Å². The van der Waals surface area contributed by atoms with Crippen molar-refractivity contribution in [1.82, 2.24) is 10.2 Å². The number of rotatable bonds is 8. The maximum absolute atomic E-state index is 5.93. The summed E-state index contributed by atoms with van der Waals surface area (Å²) in [5.41, 5.74) is 0. The van der Waals surface area contributed by atoms with Crippen LogP contribution in [-0.4, -0.2) is 49.8 Å². The van der Waals surface area contributed by atoms with E-state index >= 15 is 0 Å². The Balaban J connectivity index is 1.57. The van der Waals surface area contributed by atoms with Gasteiger partial charge in [-0.1, -0.05) is 19.8 Å². The smallest absolute Gasteiger partial charge is 0.0594 e. The SMILES string of the molecule is CCCN1CCCC(C(C)NCCOC2CCCC2)C1. The summed E-state index contributed by atoms with van der Waals surface area (Å²) < 4.78 is 5.93. The molecule has 0 radical (unpaired) electrons. The molecule has 0 amide bonds. The Bertz CT molecular complexity index is 251. The third-order valence-corrected chi connectivity index (χ3v) is 5.01. The third kappa shape index (κ3) is 5.34. The summed E-state index contributed by atoms with van der Waals surface area (Å²) >= 11 is 0. The van der Waals surface area contributed by atoms with Crippen LogP contribution in [0, 0.1) is 5.92 Å². The lowest BCUT2D eigenvalue weighted by Gasteiger charge is -2.36. The quantitative estimate of drug-likeness (QED) is 0.693. The molecule has 1 saturated carbocycles. The van der Waals surface area contributed by atoms with Crippen LogP contribution in [0.15, 0.2) is 0 Å². The van der Waals surface area contributed by atoms with E-state index in [2.05, 4.69) is 24.1 Å². The largest absolute Gasteiger partial charge is 0.377 e. The molecular weight excluding hydrogens is 248 g/mol. The first-order chi connectivity index (χ1) is 9.79.